The number of aromatic nitrogens is 2. The van der Waals surface area contributed by atoms with Gasteiger partial charge in [0.1, 0.15) is 0 Å². The second kappa shape index (κ2) is 20.3. The van der Waals surface area contributed by atoms with E-state index in [0.29, 0.717) is 23.2 Å². The molecule has 9 nitrogen and oxygen atoms in total. The van der Waals surface area contributed by atoms with Crippen molar-refractivity contribution >= 4 is 0 Å². The van der Waals surface area contributed by atoms with E-state index < -0.39 is 0 Å². The Morgan fingerprint density at radius 3 is 1.38 bits per heavy atom. The lowest BCUT2D eigenvalue weighted by molar-refractivity contribution is 0.128. The van der Waals surface area contributed by atoms with Crippen LogP contribution in [-0.4, -0.2) is 139 Å². The molecule has 4 aliphatic carbocycles. The topological polar surface area (TPSA) is 43.8 Å². The summed E-state index contributed by atoms with van der Waals surface area (Å²) in [4.78, 5) is 13.2. The lowest BCUT2D eigenvalue weighted by Gasteiger charge is -2.41. The summed E-state index contributed by atoms with van der Waals surface area (Å²) in [5, 5.41) is 0. The molecule has 4 saturated carbocycles. The van der Waals surface area contributed by atoms with E-state index in [9.17, 15) is 0 Å². The van der Waals surface area contributed by atoms with E-state index in [1.165, 1.54) is 106 Å². The van der Waals surface area contributed by atoms with Crippen molar-refractivity contribution in [2.45, 2.75) is 234 Å². The number of likely N-dealkylation sites (N-methyl/N-ethyl adjacent to an activating group) is 2. The van der Waals surface area contributed by atoms with Gasteiger partial charge in [-0.25, -0.2) is 0 Å². The molecule has 2 aromatic rings. The van der Waals surface area contributed by atoms with Gasteiger partial charge in [-0.1, -0.05) is 48.0 Å². The fourth-order valence-corrected chi connectivity index (χ4v) is 16.5. The van der Waals surface area contributed by atoms with Crippen LogP contribution in [0, 0.1) is 55.3 Å². The van der Waals surface area contributed by atoms with Gasteiger partial charge in [-0.3, -0.25) is 24.5 Å². The highest BCUT2D eigenvalue weighted by Gasteiger charge is 2.72. The Morgan fingerprint density at radius 2 is 1.01 bits per heavy atom. The number of likely N-dealkylation sites (tertiary alicyclic amines) is 3. The maximum atomic E-state index is 5.75. The molecule has 14 atom stereocenters. The predicted molar refractivity (Wildman–Crippen MR) is 281 cm³/mol. The molecule has 0 amide bonds. The van der Waals surface area contributed by atoms with Crippen molar-refractivity contribution < 1.29 is 9.47 Å². The van der Waals surface area contributed by atoms with Gasteiger partial charge in [0.25, 0.3) is 0 Å². The second-order valence-electron chi connectivity index (χ2n) is 25.7. The Balaban J connectivity index is 0.000000106. The van der Waals surface area contributed by atoms with E-state index in [-0.39, 0.29) is 0 Å². The minimum Gasteiger partial charge on any atom is -0.379 e. The fourth-order valence-electron chi connectivity index (χ4n) is 16.5. The fraction of sp³-hybridized carbons (Fsp3) is 0.864. The summed E-state index contributed by atoms with van der Waals surface area (Å²) >= 11 is 0. The van der Waals surface area contributed by atoms with Crippen LogP contribution in [-0.2, 0) is 35.7 Å². The van der Waals surface area contributed by atoms with Crippen molar-refractivity contribution in [3.05, 3.63) is 47.0 Å². The first kappa shape index (κ1) is 51.2. The Bertz CT molecular complexity index is 1870. The van der Waals surface area contributed by atoms with Gasteiger partial charge < -0.3 is 18.6 Å². The molecule has 68 heavy (non-hydrogen) atoms. The lowest BCUT2D eigenvalue weighted by Crippen LogP contribution is -2.42. The maximum Gasteiger partial charge on any atom is 0.0669 e. The van der Waals surface area contributed by atoms with Gasteiger partial charge in [0, 0.05) is 117 Å². The van der Waals surface area contributed by atoms with Crippen LogP contribution in [0.3, 0.4) is 0 Å². The first-order valence-electron chi connectivity index (χ1n) is 28.8. The quantitative estimate of drug-likeness (QED) is 0.256. The highest BCUT2D eigenvalue weighted by atomic mass is 16.5. The number of ether oxygens (including phenoxy) is 2. The molecule has 7 aliphatic heterocycles. The van der Waals surface area contributed by atoms with Crippen molar-refractivity contribution in [3.8, 4) is 0 Å². The van der Waals surface area contributed by atoms with Crippen LogP contribution in [0.1, 0.15) is 163 Å². The zero-order chi connectivity index (χ0) is 48.4. The Morgan fingerprint density at radius 1 is 0.544 bits per heavy atom. The molecule has 9 fully saturated rings. The van der Waals surface area contributed by atoms with E-state index in [4.69, 9.17) is 9.47 Å². The minimum absolute atomic E-state index is 0.500. The van der Waals surface area contributed by atoms with Gasteiger partial charge in [-0.15, -0.1) is 0 Å². The van der Waals surface area contributed by atoms with Crippen LogP contribution in [0.5, 0.6) is 0 Å². The summed E-state index contributed by atoms with van der Waals surface area (Å²) in [6.07, 6.45) is 17.7. The van der Waals surface area contributed by atoms with Crippen molar-refractivity contribution in [1.29, 1.82) is 0 Å². The number of hydrogen-bond donors (Lipinski definition) is 0. The summed E-state index contributed by atoms with van der Waals surface area (Å²) < 4.78 is 16.3. The van der Waals surface area contributed by atoms with E-state index >= 15 is 0 Å². The van der Waals surface area contributed by atoms with Crippen molar-refractivity contribution in [2.24, 2.45) is 41.4 Å². The standard InChI is InChI=1S/2C13H23NO.2C11H18N2.C11H19N/c2*1-4-14-12-6-10(9(2)3)5-11-7-15-8-13(11,12)14;2*1-9(2)12-4-5-13-7-10(3)6-11(13)8-12;1-8(2)12-10-5-3-4-9-6-7-11(9,10)12/h2*9-12H,4-8H2,1-3H3;2*6-7,9H,4-5,8H2,1-3H3;8-10H,3-7H2,1-2H3. The second-order valence-corrected chi connectivity index (χ2v) is 25.7. The van der Waals surface area contributed by atoms with Crippen LogP contribution in [0.25, 0.3) is 0 Å². The number of hydrogen-bond acceptors (Lipinski definition) is 7. The number of rotatable bonds is 7. The van der Waals surface area contributed by atoms with Crippen LogP contribution >= 0.6 is 0 Å². The van der Waals surface area contributed by atoms with Crippen LogP contribution < -0.4 is 0 Å². The van der Waals surface area contributed by atoms with Crippen molar-refractivity contribution in [3.63, 3.8) is 0 Å². The third-order valence-corrected chi connectivity index (χ3v) is 20.6. The molecule has 384 valence electrons. The highest BCUT2D eigenvalue weighted by molar-refractivity contribution is 5.28. The molecule has 3 spiro atoms. The number of fused-ring (bicyclic) bond motifs is 2. The minimum atomic E-state index is 0.500. The summed E-state index contributed by atoms with van der Waals surface area (Å²) in [6.45, 7) is 45.7. The summed E-state index contributed by atoms with van der Waals surface area (Å²) in [6, 6.07) is 9.46. The molecule has 14 unspecified atom stereocenters. The molecule has 9 heteroatoms. The molecule has 0 bridgehead atoms. The van der Waals surface area contributed by atoms with Gasteiger partial charge in [0.15, 0.2) is 0 Å². The summed E-state index contributed by atoms with van der Waals surface area (Å²) in [5.41, 5.74) is 7.48. The molecule has 0 N–H and O–H groups in total. The third-order valence-electron chi connectivity index (χ3n) is 20.6. The summed E-state index contributed by atoms with van der Waals surface area (Å²) in [5.74, 6) is 6.34. The highest BCUT2D eigenvalue weighted by Crippen LogP contribution is 2.65. The molecular weight excluding hydrogens is 839 g/mol. The number of aryl methyl sites for hydroxylation is 2. The average molecular weight is 941 g/mol. The molecule has 13 rings (SSSR count). The third kappa shape index (κ3) is 9.31. The Hall–Kier alpha value is -1.72. The van der Waals surface area contributed by atoms with Crippen molar-refractivity contribution in [1.82, 2.24) is 33.6 Å². The zero-order valence-corrected chi connectivity index (χ0v) is 46.1. The summed E-state index contributed by atoms with van der Waals surface area (Å²) in [7, 11) is 0. The van der Waals surface area contributed by atoms with Gasteiger partial charge >= 0.3 is 0 Å². The maximum absolute atomic E-state index is 5.75. The van der Waals surface area contributed by atoms with Gasteiger partial charge in [0.05, 0.1) is 37.5 Å². The molecule has 2 aromatic heterocycles. The van der Waals surface area contributed by atoms with Crippen LogP contribution in [0.4, 0.5) is 0 Å². The van der Waals surface area contributed by atoms with Gasteiger partial charge in [-0.2, -0.15) is 0 Å². The first-order valence-corrected chi connectivity index (χ1v) is 28.8. The number of nitrogens with zero attached hydrogens (tertiary/aromatic N) is 7. The van der Waals surface area contributed by atoms with Crippen molar-refractivity contribution in [2.75, 3.05) is 52.6 Å². The normalized spacial score (nSPS) is 40.0. The monoisotopic (exact) mass is 940 g/mol. The molecule has 11 aliphatic rings. The molecule has 0 aromatic carbocycles. The predicted octanol–water partition coefficient (Wildman–Crippen LogP) is 10.7. The van der Waals surface area contributed by atoms with Crippen LogP contribution in [0.15, 0.2) is 24.5 Å². The van der Waals surface area contributed by atoms with E-state index in [0.717, 1.165) is 124 Å². The molecule has 9 heterocycles. The largest absolute Gasteiger partial charge is 0.379 e. The van der Waals surface area contributed by atoms with E-state index in [1.807, 2.05) is 0 Å². The lowest BCUT2D eigenvalue weighted by atomic mass is 9.65. The molecular formula is C59H101N7O2. The van der Waals surface area contributed by atoms with E-state index in [1.54, 1.807) is 0 Å². The SMILES string of the molecule is CC(C)N1C2CCCC3CCC321.CCN1C2CC(C(C)C)CC3COCC321.CCN1C2CC(C(C)C)CC3COCC321.Cc1cc2n(c1)CCN(C(C)C)C2.Cc1cc2n(c1)CCN(C(C)C)C2. The zero-order valence-electron chi connectivity index (χ0n) is 46.1. The molecule has 0 radical (unpaired) electrons. The van der Waals surface area contributed by atoms with E-state index in [2.05, 4.69) is 155 Å². The Labute approximate surface area is 416 Å². The van der Waals surface area contributed by atoms with Gasteiger partial charge in [0.2, 0.25) is 0 Å². The van der Waals surface area contributed by atoms with Gasteiger partial charge in [-0.05, 0) is 173 Å². The van der Waals surface area contributed by atoms with Crippen LogP contribution in [0.2, 0.25) is 0 Å². The smallest absolute Gasteiger partial charge is 0.0669 e. The average Bonchev–Trinajstić information content (AvgIpc) is 4.05. The first-order chi connectivity index (χ1) is 32.5. The molecule has 5 saturated heterocycles. The Kier molecular flexibility index (Phi) is 15.3.